The minimum Gasteiger partial charge on any atom is -0.481 e. The summed E-state index contributed by atoms with van der Waals surface area (Å²) in [4.78, 5) is 27.9. The molecule has 5 heteroatoms. The van der Waals surface area contributed by atoms with Crippen molar-refractivity contribution >= 4 is 23.3 Å². The number of carbonyl (C=O) groups is 2. The van der Waals surface area contributed by atoms with Crippen LogP contribution >= 0.6 is 0 Å². The molecule has 1 unspecified atom stereocenters. The van der Waals surface area contributed by atoms with E-state index in [9.17, 15) is 14.7 Å². The fourth-order valence-corrected chi connectivity index (χ4v) is 3.32. The van der Waals surface area contributed by atoms with Crippen molar-refractivity contribution in [1.29, 1.82) is 0 Å². The zero-order valence-corrected chi connectivity index (χ0v) is 13.1. The molecule has 0 bridgehead atoms. The summed E-state index contributed by atoms with van der Waals surface area (Å²) in [5.74, 6) is -1.24. The van der Waals surface area contributed by atoms with E-state index in [0.717, 1.165) is 16.9 Å². The fourth-order valence-electron chi connectivity index (χ4n) is 3.32. The topological polar surface area (TPSA) is 60.9 Å². The third-order valence-electron chi connectivity index (χ3n) is 4.49. The van der Waals surface area contributed by atoms with Gasteiger partial charge in [-0.15, -0.1) is 0 Å². The highest BCUT2D eigenvalue weighted by Crippen LogP contribution is 2.46. The monoisotopic (exact) mass is 310 g/mol. The first-order valence-corrected chi connectivity index (χ1v) is 7.37. The summed E-state index contributed by atoms with van der Waals surface area (Å²) >= 11 is 0. The Balaban J connectivity index is 2.22. The van der Waals surface area contributed by atoms with Crippen molar-refractivity contribution in [2.24, 2.45) is 0 Å². The number of rotatable bonds is 4. The van der Waals surface area contributed by atoms with Gasteiger partial charge in [0.1, 0.15) is 0 Å². The van der Waals surface area contributed by atoms with Crippen molar-refractivity contribution in [3.63, 3.8) is 0 Å². The van der Waals surface area contributed by atoms with E-state index in [2.05, 4.69) is 0 Å². The lowest BCUT2D eigenvalue weighted by Crippen LogP contribution is -2.52. The van der Waals surface area contributed by atoms with E-state index in [1.807, 2.05) is 54.6 Å². The molecule has 2 aromatic rings. The number of carboxylic acids is 1. The number of carbonyl (C=O) groups excluding carboxylic acids is 1. The summed E-state index contributed by atoms with van der Waals surface area (Å²) in [5.41, 5.74) is 1.04. The number of fused-ring (bicyclic) bond motifs is 1. The molecule has 0 saturated heterocycles. The van der Waals surface area contributed by atoms with Gasteiger partial charge in [0.2, 0.25) is 0 Å². The molecule has 1 aliphatic heterocycles. The average Bonchev–Trinajstić information content (AvgIpc) is 2.78. The second-order valence-corrected chi connectivity index (χ2v) is 5.71. The fraction of sp³-hybridized carbons (Fsp3) is 0.222. The van der Waals surface area contributed by atoms with Gasteiger partial charge in [0.25, 0.3) is 5.91 Å². The van der Waals surface area contributed by atoms with Crippen LogP contribution in [0.4, 0.5) is 11.4 Å². The largest absolute Gasteiger partial charge is 0.481 e. The van der Waals surface area contributed by atoms with E-state index < -0.39 is 11.5 Å². The standard InChI is InChI=1S/C18H18N2O3/c1-19-15-11-7-6-10-14(15)18(17(19)23,12-16(21)22)20(2)13-8-4-3-5-9-13/h3-11H,12H2,1-2H3,(H,21,22). The van der Waals surface area contributed by atoms with Crippen LogP contribution in [-0.2, 0) is 15.1 Å². The third-order valence-corrected chi connectivity index (χ3v) is 4.49. The third kappa shape index (κ3) is 2.16. The number of aliphatic carboxylic acids is 1. The van der Waals surface area contributed by atoms with Crippen molar-refractivity contribution in [3.8, 4) is 0 Å². The SMILES string of the molecule is CN1C(=O)C(CC(=O)O)(N(C)c2ccccc2)c2ccccc21. The zero-order valence-electron chi connectivity index (χ0n) is 13.1. The van der Waals surface area contributed by atoms with E-state index in [-0.39, 0.29) is 12.3 Å². The van der Waals surface area contributed by atoms with Crippen molar-refractivity contribution < 1.29 is 14.7 Å². The number of likely N-dealkylation sites (N-methyl/N-ethyl adjacent to an activating group) is 2. The van der Waals surface area contributed by atoms with Crippen molar-refractivity contribution in [2.75, 3.05) is 23.9 Å². The van der Waals surface area contributed by atoms with Crippen LogP contribution in [0.1, 0.15) is 12.0 Å². The summed E-state index contributed by atoms with van der Waals surface area (Å²) in [5, 5.41) is 9.47. The molecule has 0 radical (unpaired) electrons. The molecule has 0 spiro atoms. The summed E-state index contributed by atoms with van der Waals surface area (Å²) in [6.45, 7) is 0. The van der Waals surface area contributed by atoms with Crippen LogP contribution in [0.3, 0.4) is 0 Å². The number of nitrogens with zero attached hydrogens (tertiary/aromatic N) is 2. The van der Waals surface area contributed by atoms with Gasteiger partial charge in [-0.1, -0.05) is 36.4 Å². The van der Waals surface area contributed by atoms with Crippen molar-refractivity contribution in [2.45, 2.75) is 12.0 Å². The summed E-state index contributed by atoms with van der Waals surface area (Å²) in [6.07, 6.45) is -0.293. The number of para-hydroxylation sites is 2. The number of anilines is 2. The number of carboxylic acid groups (broad SMARTS) is 1. The lowest BCUT2D eigenvalue weighted by atomic mass is 9.85. The molecular formula is C18H18N2O3. The van der Waals surface area contributed by atoms with Crippen LogP contribution in [0.5, 0.6) is 0 Å². The van der Waals surface area contributed by atoms with Gasteiger partial charge in [0.05, 0.1) is 6.42 Å². The van der Waals surface area contributed by atoms with Gasteiger partial charge in [-0.25, -0.2) is 0 Å². The highest BCUT2D eigenvalue weighted by molar-refractivity contribution is 6.11. The van der Waals surface area contributed by atoms with Crippen LogP contribution in [0.2, 0.25) is 0 Å². The molecule has 23 heavy (non-hydrogen) atoms. The number of hydrogen-bond donors (Lipinski definition) is 1. The lowest BCUT2D eigenvalue weighted by Gasteiger charge is -2.38. The Hall–Kier alpha value is -2.82. The van der Waals surface area contributed by atoms with Gasteiger partial charge in [0, 0.05) is 31.0 Å². The van der Waals surface area contributed by atoms with Crippen LogP contribution in [0.15, 0.2) is 54.6 Å². The molecule has 1 N–H and O–H groups in total. The molecule has 1 aliphatic rings. The highest BCUT2D eigenvalue weighted by Gasteiger charge is 2.54. The summed E-state index contributed by atoms with van der Waals surface area (Å²) in [6, 6.07) is 16.7. The molecule has 1 atom stereocenters. The Morgan fingerprint density at radius 3 is 2.39 bits per heavy atom. The lowest BCUT2D eigenvalue weighted by molar-refractivity contribution is -0.141. The van der Waals surface area contributed by atoms with E-state index in [4.69, 9.17) is 0 Å². The Labute approximate surface area is 134 Å². The Bertz CT molecular complexity index is 760. The van der Waals surface area contributed by atoms with Crippen molar-refractivity contribution in [3.05, 3.63) is 60.2 Å². The molecule has 0 aliphatic carbocycles. The minimum atomic E-state index is -1.24. The van der Waals surface area contributed by atoms with Gasteiger partial charge in [-0.2, -0.15) is 0 Å². The first-order chi connectivity index (χ1) is 11.0. The molecule has 118 valence electrons. The Morgan fingerprint density at radius 1 is 1.13 bits per heavy atom. The second-order valence-electron chi connectivity index (χ2n) is 5.71. The van der Waals surface area contributed by atoms with Gasteiger partial charge < -0.3 is 14.9 Å². The van der Waals surface area contributed by atoms with E-state index in [0.29, 0.717) is 0 Å². The number of amides is 1. The van der Waals surface area contributed by atoms with E-state index in [1.165, 1.54) is 4.90 Å². The van der Waals surface area contributed by atoms with Crippen LogP contribution < -0.4 is 9.80 Å². The quantitative estimate of drug-likeness (QED) is 0.942. The molecule has 0 aromatic heterocycles. The van der Waals surface area contributed by atoms with Crippen LogP contribution in [0.25, 0.3) is 0 Å². The highest BCUT2D eigenvalue weighted by atomic mass is 16.4. The molecule has 0 saturated carbocycles. The molecule has 5 nitrogen and oxygen atoms in total. The van der Waals surface area contributed by atoms with E-state index in [1.54, 1.807) is 19.0 Å². The Morgan fingerprint density at radius 2 is 1.74 bits per heavy atom. The zero-order chi connectivity index (χ0) is 16.6. The van der Waals surface area contributed by atoms with E-state index >= 15 is 0 Å². The van der Waals surface area contributed by atoms with Crippen molar-refractivity contribution in [1.82, 2.24) is 0 Å². The maximum atomic E-state index is 13.1. The minimum absolute atomic E-state index is 0.229. The first kappa shape index (κ1) is 15.1. The van der Waals surface area contributed by atoms with Gasteiger partial charge >= 0.3 is 5.97 Å². The normalized spacial score (nSPS) is 19.6. The number of hydrogen-bond acceptors (Lipinski definition) is 3. The number of benzene rings is 2. The Kier molecular flexibility index (Phi) is 3.56. The predicted octanol–water partition coefficient (Wildman–Crippen LogP) is 2.47. The summed E-state index contributed by atoms with van der Waals surface area (Å²) in [7, 11) is 3.45. The van der Waals surface area contributed by atoms with Gasteiger partial charge in [0.15, 0.2) is 5.54 Å². The molecule has 0 fully saturated rings. The first-order valence-electron chi connectivity index (χ1n) is 7.37. The maximum Gasteiger partial charge on any atom is 0.306 e. The summed E-state index contributed by atoms with van der Waals surface area (Å²) < 4.78 is 0. The van der Waals surface area contributed by atoms with Gasteiger partial charge in [-0.05, 0) is 18.2 Å². The molecule has 1 amide bonds. The van der Waals surface area contributed by atoms with Crippen LogP contribution in [0, 0.1) is 0 Å². The average molecular weight is 310 g/mol. The molecular weight excluding hydrogens is 292 g/mol. The molecule has 2 aromatic carbocycles. The van der Waals surface area contributed by atoms with Crippen LogP contribution in [-0.4, -0.2) is 31.1 Å². The maximum absolute atomic E-state index is 13.1. The second kappa shape index (κ2) is 5.43. The predicted molar refractivity (Wildman–Crippen MR) is 88.6 cm³/mol. The van der Waals surface area contributed by atoms with Gasteiger partial charge in [-0.3, -0.25) is 9.59 Å². The molecule has 1 heterocycles. The molecule has 3 rings (SSSR count). The smallest absolute Gasteiger partial charge is 0.306 e.